The molecule has 6 heteroatoms. The van der Waals surface area contributed by atoms with Gasteiger partial charge >= 0.3 is 0 Å². The fourth-order valence-corrected chi connectivity index (χ4v) is 2.40. The lowest BCUT2D eigenvalue weighted by atomic mass is 10.1. The maximum atomic E-state index is 12.1. The summed E-state index contributed by atoms with van der Waals surface area (Å²) in [6.45, 7) is 0.511. The Labute approximate surface area is 132 Å². The SMILES string of the molecule is O=C(Cc1n[nH]c(=O)c2ccccc12)NCCc1ccccn1. The molecule has 2 N–H and O–H groups in total. The summed E-state index contributed by atoms with van der Waals surface area (Å²) in [7, 11) is 0. The van der Waals surface area contributed by atoms with Crippen LogP contribution >= 0.6 is 0 Å². The molecule has 23 heavy (non-hydrogen) atoms. The van der Waals surface area contributed by atoms with Crippen LogP contribution in [0.4, 0.5) is 0 Å². The fraction of sp³-hybridized carbons (Fsp3) is 0.176. The largest absolute Gasteiger partial charge is 0.355 e. The van der Waals surface area contributed by atoms with Crippen molar-refractivity contribution in [2.75, 3.05) is 6.54 Å². The molecular formula is C17H16N4O2. The molecule has 6 nitrogen and oxygen atoms in total. The molecule has 0 spiro atoms. The number of pyridine rings is 1. The van der Waals surface area contributed by atoms with Crippen LogP contribution in [-0.4, -0.2) is 27.6 Å². The standard InChI is InChI=1S/C17H16N4O2/c22-16(19-10-8-12-5-3-4-9-18-12)11-15-13-6-1-2-7-14(13)17(23)21-20-15/h1-7,9H,8,10-11H2,(H,19,22)(H,21,23). The molecule has 3 rings (SSSR count). The van der Waals surface area contributed by atoms with Gasteiger partial charge in [0.1, 0.15) is 0 Å². The van der Waals surface area contributed by atoms with E-state index in [1.54, 1.807) is 24.4 Å². The first-order valence-corrected chi connectivity index (χ1v) is 7.37. The van der Waals surface area contributed by atoms with Gasteiger partial charge in [0.05, 0.1) is 17.5 Å². The topological polar surface area (TPSA) is 87.7 Å². The van der Waals surface area contributed by atoms with Gasteiger partial charge < -0.3 is 5.32 Å². The quantitative estimate of drug-likeness (QED) is 0.742. The second-order valence-electron chi connectivity index (χ2n) is 5.14. The van der Waals surface area contributed by atoms with Gasteiger partial charge in [-0.1, -0.05) is 24.3 Å². The van der Waals surface area contributed by atoms with E-state index in [9.17, 15) is 9.59 Å². The monoisotopic (exact) mass is 308 g/mol. The molecule has 0 atom stereocenters. The summed E-state index contributed by atoms with van der Waals surface area (Å²) in [6, 6.07) is 12.8. The number of amides is 1. The molecule has 3 aromatic rings. The number of carbonyl (C=O) groups excluding carboxylic acids is 1. The smallest absolute Gasteiger partial charge is 0.272 e. The zero-order valence-corrected chi connectivity index (χ0v) is 12.5. The number of nitrogens with zero attached hydrogens (tertiary/aromatic N) is 2. The number of fused-ring (bicyclic) bond motifs is 1. The third-order valence-corrected chi connectivity index (χ3v) is 3.53. The number of nitrogens with one attached hydrogen (secondary N) is 2. The maximum Gasteiger partial charge on any atom is 0.272 e. The summed E-state index contributed by atoms with van der Waals surface area (Å²) in [5.74, 6) is -0.134. The van der Waals surface area contributed by atoms with Crippen molar-refractivity contribution >= 4 is 16.7 Å². The molecule has 0 saturated carbocycles. The molecule has 2 aromatic heterocycles. The van der Waals surface area contributed by atoms with Crippen LogP contribution in [0.5, 0.6) is 0 Å². The first-order valence-electron chi connectivity index (χ1n) is 7.37. The van der Waals surface area contributed by atoms with Crippen molar-refractivity contribution in [3.05, 3.63) is 70.4 Å². The number of aromatic nitrogens is 3. The van der Waals surface area contributed by atoms with Crippen LogP contribution in [0.15, 0.2) is 53.5 Å². The van der Waals surface area contributed by atoms with Crippen LogP contribution in [0.3, 0.4) is 0 Å². The number of benzene rings is 1. The number of hydrogen-bond donors (Lipinski definition) is 2. The van der Waals surface area contributed by atoms with Crippen LogP contribution in [0.1, 0.15) is 11.4 Å². The van der Waals surface area contributed by atoms with Gasteiger partial charge in [-0.25, -0.2) is 5.10 Å². The molecule has 2 heterocycles. The van der Waals surface area contributed by atoms with E-state index in [4.69, 9.17) is 0 Å². The Bertz CT molecular complexity index is 874. The molecule has 0 unspecified atom stereocenters. The molecule has 1 aromatic carbocycles. The molecule has 0 fully saturated rings. The van der Waals surface area contributed by atoms with Crippen LogP contribution in [0, 0.1) is 0 Å². The Hall–Kier alpha value is -3.02. The van der Waals surface area contributed by atoms with Crippen LogP contribution in [0.2, 0.25) is 0 Å². The minimum atomic E-state index is -0.250. The summed E-state index contributed by atoms with van der Waals surface area (Å²) in [5, 5.41) is 10.5. The Kier molecular flexibility index (Phi) is 4.42. The van der Waals surface area contributed by atoms with Gasteiger partial charge in [-0.05, 0) is 18.2 Å². The van der Waals surface area contributed by atoms with Crippen molar-refractivity contribution in [2.24, 2.45) is 0 Å². The van der Waals surface area contributed by atoms with Crippen LogP contribution in [0.25, 0.3) is 10.8 Å². The second kappa shape index (κ2) is 6.83. The minimum absolute atomic E-state index is 0.125. The minimum Gasteiger partial charge on any atom is -0.355 e. The Morgan fingerprint density at radius 1 is 1.09 bits per heavy atom. The molecule has 0 aliphatic heterocycles. The third kappa shape index (κ3) is 3.60. The number of rotatable bonds is 5. The van der Waals surface area contributed by atoms with Crippen molar-refractivity contribution in [3.63, 3.8) is 0 Å². The van der Waals surface area contributed by atoms with Crippen molar-refractivity contribution in [1.82, 2.24) is 20.5 Å². The fourth-order valence-electron chi connectivity index (χ4n) is 2.40. The highest BCUT2D eigenvalue weighted by molar-refractivity contribution is 5.88. The number of carbonyl (C=O) groups is 1. The Balaban J connectivity index is 1.64. The normalized spacial score (nSPS) is 10.6. The van der Waals surface area contributed by atoms with Crippen molar-refractivity contribution < 1.29 is 4.79 Å². The molecule has 0 bridgehead atoms. The van der Waals surface area contributed by atoms with E-state index in [-0.39, 0.29) is 17.9 Å². The van der Waals surface area contributed by atoms with Crippen molar-refractivity contribution in [3.8, 4) is 0 Å². The van der Waals surface area contributed by atoms with Gasteiger partial charge in [0.25, 0.3) is 5.56 Å². The summed E-state index contributed by atoms with van der Waals surface area (Å²) in [6.07, 6.45) is 2.53. The van der Waals surface area contributed by atoms with E-state index in [0.29, 0.717) is 29.4 Å². The highest BCUT2D eigenvalue weighted by Crippen LogP contribution is 2.12. The molecular weight excluding hydrogens is 292 g/mol. The van der Waals surface area contributed by atoms with Gasteiger partial charge in [-0.3, -0.25) is 14.6 Å². The van der Waals surface area contributed by atoms with Crippen molar-refractivity contribution in [2.45, 2.75) is 12.8 Å². The van der Waals surface area contributed by atoms with Gasteiger partial charge in [0.15, 0.2) is 0 Å². The van der Waals surface area contributed by atoms with Gasteiger partial charge in [-0.15, -0.1) is 0 Å². The summed E-state index contributed by atoms with van der Waals surface area (Å²) in [4.78, 5) is 28.0. The van der Waals surface area contributed by atoms with E-state index >= 15 is 0 Å². The molecule has 0 radical (unpaired) electrons. The summed E-state index contributed by atoms with van der Waals surface area (Å²) in [5.41, 5.74) is 1.25. The first kappa shape index (κ1) is 14.9. The summed E-state index contributed by atoms with van der Waals surface area (Å²) >= 11 is 0. The first-order chi connectivity index (χ1) is 11.2. The Morgan fingerprint density at radius 3 is 2.65 bits per heavy atom. The predicted octanol–water partition coefficient (Wildman–Crippen LogP) is 1.22. The molecule has 0 aliphatic carbocycles. The molecule has 0 saturated heterocycles. The third-order valence-electron chi connectivity index (χ3n) is 3.53. The molecule has 116 valence electrons. The summed E-state index contributed by atoms with van der Waals surface area (Å²) < 4.78 is 0. The van der Waals surface area contributed by atoms with Crippen LogP contribution in [-0.2, 0) is 17.6 Å². The van der Waals surface area contributed by atoms with E-state index in [1.807, 2.05) is 24.3 Å². The van der Waals surface area contributed by atoms with Gasteiger partial charge in [-0.2, -0.15) is 5.10 Å². The van der Waals surface area contributed by atoms with E-state index in [0.717, 1.165) is 5.69 Å². The number of aromatic amines is 1. The average Bonchev–Trinajstić information content (AvgIpc) is 2.59. The van der Waals surface area contributed by atoms with E-state index < -0.39 is 0 Å². The highest BCUT2D eigenvalue weighted by atomic mass is 16.1. The van der Waals surface area contributed by atoms with Gasteiger partial charge in [0.2, 0.25) is 5.91 Å². The predicted molar refractivity (Wildman–Crippen MR) is 87.0 cm³/mol. The second-order valence-corrected chi connectivity index (χ2v) is 5.14. The number of H-pyrrole nitrogens is 1. The van der Waals surface area contributed by atoms with Gasteiger partial charge in [0, 0.05) is 30.2 Å². The van der Waals surface area contributed by atoms with E-state index in [1.165, 1.54) is 0 Å². The van der Waals surface area contributed by atoms with Crippen molar-refractivity contribution in [1.29, 1.82) is 0 Å². The zero-order chi connectivity index (χ0) is 16.1. The van der Waals surface area contributed by atoms with E-state index in [2.05, 4.69) is 20.5 Å². The number of hydrogen-bond acceptors (Lipinski definition) is 4. The highest BCUT2D eigenvalue weighted by Gasteiger charge is 2.10. The zero-order valence-electron chi connectivity index (χ0n) is 12.5. The lowest BCUT2D eigenvalue weighted by molar-refractivity contribution is -0.120. The average molecular weight is 308 g/mol. The molecule has 0 aliphatic rings. The lowest BCUT2D eigenvalue weighted by Gasteiger charge is -2.06. The lowest BCUT2D eigenvalue weighted by Crippen LogP contribution is -2.28. The maximum absolute atomic E-state index is 12.1. The Morgan fingerprint density at radius 2 is 1.87 bits per heavy atom. The molecule has 1 amide bonds. The van der Waals surface area contributed by atoms with Crippen LogP contribution < -0.4 is 10.9 Å².